The van der Waals surface area contributed by atoms with Crippen molar-refractivity contribution >= 4 is 5.91 Å². The van der Waals surface area contributed by atoms with Gasteiger partial charge in [-0.05, 0) is 24.7 Å². The fourth-order valence-electron chi connectivity index (χ4n) is 8.18. The zero-order valence-electron chi connectivity index (χ0n) is 61.6. The van der Waals surface area contributed by atoms with Gasteiger partial charge < -0.3 is 5.32 Å². The van der Waals surface area contributed by atoms with Gasteiger partial charge in [0.15, 0.2) is 0 Å². The second-order valence-corrected chi connectivity index (χ2v) is 25.3. The summed E-state index contributed by atoms with van der Waals surface area (Å²) < 4.78 is 1110. The molecule has 0 aliphatic rings. The van der Waals surface area contributed by atoms with E-state index in [2.05, 4.69) is 19.7 Å². The molecule has 840 valence electrons. The molecule has 12 atom stereocenters. The third-order valence-corrected chi connectivity index (χ3v) is 15.1. The van der Waals surface area contributed by atoms with E-state index in [0.717, 1.165) is 4.74 Å². The van der Waals surface area contributed by atoms with E-state index < -0.39 is 267 Å². The molecule has 91 heteroatoms. The summed E-state index contributed by atoms with van der Waals surface area (Å²) >= 11 is 0. The quantitative estimate of drug-likeness (QED) is 0.0457. The molecule has 0 aliphatic carbocycles. The number of hydrogen-bond donors (Lipinski definition) is 1. The zero-order valence-corrected chi connectivity index (χ0v) is 61.6. The first-order valence-corrected chi connectivity index (χ1v) is 30.6. The number of ether oxygens (including phenoxy) is 12. The molecule has 0 spiro atoms. The smallest absolute Gasteiger partial charge is 0.350 e. The van der Waals surface area contributed by atoms with Crippen LogP contribution in [0.4, 0.5) is 338 Å². The van der Waals surface area contributed by atoms with E-state index in [1.165, 1.54) is 0 Å². The standard InChI is InChI=1S/C50H18F77NO13/c1-4-7-12(8-5-2,9-6-3)10-128-11(129)13(51,26(65,66)67)130-40(106,107)15(54,28(71,72)73)132-42(110,111)17(56,30(77,78)79)134-44(114,115)19(58,32(83,84)85)136-46(118,119)21(60,34(89,90)91)138-48(122,123)23(62,36(95,96)97)140-50(126,127)25(64,38(101,102)103)141-49(124,125)24(63,37(98,99)100)139-47(120,121)22(61,35(92,93)94)137-45(116,117)20(59,33(86,87)88)135-43(112,113)18(57,31(80,81)82)133-41(108,109)16(55,29(74,75)76)131-39(104,105)14(52,53)27(68,69)70/h4-6H,1-3,7-10H2,(H,128,129). The van der Waals surface area contributed by atoms with Gasteiger partial charge in [-0.15, -0.1) is 19.7 Å². The lowest BCUT2D eigenvalue weighted by Crippen LogP contribution is -2.74. The lowest BCUT2D eigenvalue weighted by Gasteiger charge is -2.46. The van der Waals surface area contributed by atoms with Crippen molar-refractivity contribution in [2.75, 3.05) is 6.54 Å². The first-order chi connectivity index (χ1) is 60.0. The highest BCUT2D eigenvalue weighted by atomic mass is 19.5. The molecular weight excluding hydrogens is 2290 g/mol. The van der Waals surface area contributed by atoms with Crippen molar-refractivity contribution in [1.82, 2.24) is 5.32 Å². The molecule has 141 heavy (non-hydrogen) atoms. The molecule has 1 amide bonds. The molecule has 0 aromatic rings. The summed E-state index contributed by atoms with van der Waals surface area (Å²) in [5, 5.41) is 0.463. The Balaban J connectivity index is 9.15. The average Bonchev–Trinajstić information content (AvgIpc) is 0.699. The summed E-state index contributed by atoms with van der Waals surface area (Å²) in [5.41, 5.74) is -2.17. The number of carbonyl (C=O) groups excluding carboxylic acids is 1. The van der Waals surface area contributed by atoms with E-state index in [0.29, 0.717) is 47.2 Å². The van der Waals surface area contributed by atoms with Gasteiger partial charge in [0.25, 0.3) is 5.91 Å². The predicted octanol–water partition coefficient (Wildman–Crippen LogP) is 26.1. The van der Waals surface area contributed by atoms with Gasteiger partial charge in [0.1, 0.15) is 0 Å². The molecule has 0 fully saturated rings. The highest BCUT2D eigenvalue weighted by Crippen LogP contribution is 2.69. The lowest BCUT2D eigenvalue weighted by atomic mass is 9.78. The molecule has 0 heterocycles. The van der Waals surface area contributed by atoms with Crippen LogP contribution in [0.3, 0.4) is 0 Å². The molecule has 0 saturated carbocycles. The lowest BCUT2D eigenvalue weighted by molar-refractivity contribution is -0.614. The van der Waals surface area contributed by atoms with Crippen LogP contribution in [0.15, 0.2) is 38.0 Å². The Hall–Kier alpha value is -7.18. The van der Waals surface area contributed by atoms with Crippen LogP contribution in [0.1, 0.15) is 19.3 Å². The molecule has 0 aromatic heterocycles. The van der Waals surface area contributed by atoms with Crippen molar-refractivity contribution in [3.8, 4) is 0 Å². The van der Waals surface area contributed by atoms with Crippen LogP contribution < -0.4 is 5.32 Å². The SMILES string of the molecule is C=CCC(CC=C)(CC=C)CNC(=O)C(F)(OC(F)(F)C(F)(OC(F)(F)C(F)(OC(F)(F)C(F)(OC(F)(F)C(F)(OC(F)(F)C(F)(OC(F)(F)C(F)(OC(F)(F)C(F)(OC(F)(F)C(F)(OC(F)(F)C(F)(OC(F)(F)C(F)(OC(F)(F)C(F)(OC(F)(F)C(F)(F)C(F)(F)F)C(F)(F)F)C(F)(F)F)C(F)(F)F)C(F)(F)F)C(F)(F)F)C(F)(F)F)C(F)(F)F)C(F)(F)F)C(F)(F)F)C(F)(F)F)C(F)(F)F)C(F)(F)F. The average molecular weight is 2300 g/mol. The van der Waals surface area contributed by atoms with E-state index >= 15 is 114 Å². The summed E-state index contributed by atoms with van der Waals surface area (Å²) in [6, 6.07) is 0. The number of hydrogen-bond acceptors (Lipinski definition) is 13. The van der Waals surface area contributed by atoms with Gasteiger partial charge in [0.05, 0.1) is 0 Å². The molecule has 1 N–H and O–H groups in total. The van der Waals surface area contributed by atoms with Crippen LogP contribution in [0.2, 0.25) is 0 Å². The summed E-state index contributed by atoms with van der Waals surface area (Å²) in [7, 11) is 0. The molecule has 0 aliphatic heterocycles. The first-order valence-electron chi connectivity index (χ1n) is 30.6. The van der Waals surface area contributed by atoms with Crippen LogP contribution >= 0.6 is 0 Å². The van der Waals surface area contributed by atoms with E-state index in [1.807, 2.05) is 0 Å². The fraction of sp³-hybridized carbons (Fsp3) is 0.860. The largest absolute Gasteiger partial charge is 0.462 e. The van der Waals surface area contributed by atoms with E-state index in [9.17, 15) is 229 Å². The maximum absolute atomic E-state index is 15.4. The third kappa shape index (κ3) is 23.1. The second-order valence-electron chi connectivity index (χ2n) is 25.3. The third-order valence-electron chi connectivity index (χ3n) is 15.1. The zero-order chi connectivity index (χ0) is 115. The minimum Gasteiger partial charge on any atom is -0.350 e. The Kier molecular flexibility index (Phi) is 35.1. The minimum absolute atomic E-state index is 0.195. The number of halogens is 77. The Morgan fingerprint density at radius 3 is 0.383 bits per heavy atom. The number of alkyl halides is 77. The molecule has 0 bridgehead atoms. The monoisotopic (exact) mass is 2300 g/mol. The van der Waals surface area contributed by atoms with E-state index in [1.54, 1.807) is 4.74 Å². The topological polar surface area (TPSA) is 140 Å². The van der Waals surface area contributed by atoms with Crippen molar-refractivity contribution in [3.63, 3.8) is 0 Å². The van der Waals surface area contributed by atoms with E-state index in [4.69, 9.17) is 0 Å². The Morgan fingerprint density at radius 1 is 0.170 bits per heavy atom. The highest BCUT2D eigenvalue weighted by Gasteiger charge is 2.98. The first kappa shape index (κ1) is 134. The number of rotatable bonds is 45. The number of carbonyl (C=O) groups is 1. The molecule has 14 nitrogen and oxygen atoms in total. The van der Waals surface area contributed by atoms with Gasteiger partial charge in [-0.3, -0.25) is 61.6 Å². The summed E-state index contributed by atoms with van der Waals surface area (Å²) in [6.07, 6.45) is -250. The van der Waals surface area contributed by atoms with Crippen molar-refractivity contribution in [3.05, 3.63) is 38.0 Å². The normalized spacial score (nSPS) is 20.8. The van der Waals surface area contributed by atoms with Gasteiger partial charge in [-0.1, -0.05) is 18.2 Å². The maximum atomic E-state index is 15.4. The van der Waals surface area contributed by atoms with Crippen LogP contribution in [0.5, 0.6) is 0 Å². The Bertz CT molecular complexity index is 4200. The fourth-order valence-corrected chi connectivity index (χ4v) is 8.18. The van der Waals surface area contributed by atoms with Gasteiger partial charge in [-0.25, -0.2) is 0 Å². The molecule has 0 rings (SSSR count). The van der Waals surface area contributed by atoms with Crippen LogP contribution in [-0.4, -0.2) is 242 Å². The molecule has 0 radical (unpaired) electrons. The number of allylic oxidation sites excluding steroid dienone is 3. The van der Waals surface area contributed by atoms with Crippen LogP contribution in [0, 0.1) is 5.41 Å². The summed E-state index contributed by atoms with van der Waals surface area (Å²) in [6.45, 7) is 7.06. The van der Waals surface area contributed by atoms with Gasteiger partial charge in [-0.2, -0.15) is 338 Å². The maximum Gasteiger partial charge on any atom is 0.462 e. The Labute approximate surface area is 710 Å². The highest BCUT2D eigenvalue weighted by molar-refractivity contribution is 5.84. The van der Waals surface area contributed by atoms with Crippen molar-refractivity contribution in [1.29, 1.82) is 0 Å². The summed E-state index contributed by atoms with van der Waals surface area (Å²) in [5.74, 6) is -136. The molecular formula is C50H18F77NO13. The van der Waals surface area contributed by atoms with Gasteiger partial charge in [0.2, 0.25) is 0 Å². The molecule has 0 aromatic carbocycles. The van der Waals surface area contributed by atoms with Crippen LogP contribution in [-0.2, 0) is 61.6 Å². The van der Waals surface area contributed by atoms with Crippen molar-refractivity contribution in [2.24, 2.45) is 5.41 Å². The number of nitrogens with one attached hydrogen (secondary N) is 1. The van der Waals surface area contributed by atoms with Crippen LogP contribution in [0.25, 0.3) is 0 Å². The minimum atomic E-state index is -10.8. The van der Waals surface area contributed by atoms with E-state index in [-0.39, 0.29) is 23.7 Å². The second kappa shape index (κ2) is 37.0. The Morgan fingerprint density at radius 2 is 0.284 bits per heavy atom. The molecule has 0 saturated heterocycles. The summed E-state index contributed by atoms with van der Waals surface area (Å²) in [4.78, 5) is 12.4. The number of amides is 1. The van der Waals surface area contributed by atoms with Crippen molar-refractivity contribution in [2.45, 2.75) is 249 Å². The van der Waals surface area contributed by atoms with Gasteiger partial charge in [0, 0.05) is 6.54 Å². The molecule has 12 unspecified atom stereocenters. The van der Waals surface area contributed by atoms with Gasteiger partial charge >= 0.3 is 230 Å². The predicted molar refractivity (Wildman–Crippen MR) is 262 cm³/mol. The van der Waals surface area contributed by atoms with Crippen molar-refractivity contribution < 1.29 is 400 Å².